The predicted molar refractivity (Wildman–Crippen MR) is 77.8 cm³/mol. The summed E-state index contributed by atoms with van der Waals surface area (Å²) in [7, 11) is 0. The van der Waals surface area contributed by atoms with E-state index >= 15 is 0 Å². The average Bonchev–Trinajstić information content (AvgIpc) is 3.09. The monoisotopic (exact) mass is 390 g/mol. The Balaban J connectivity index is 1.82. The van der Waals surface area contributed by atoms with E-state index in [4.69, 9.17) is 24.7 Å². The fraction of sp³-hybridized carbons (Fsp3) is 0.643. The number of aromatic nitrogens is 1. The third-order valence-corrected chi connectivity index (χ3v) is 5.52. The number of nitrogens with zero attached hydrogens (tertiary/aromatic N) is 1. The molecule has 2 N–H and O–H groups in total. The van der Waals surface area contributed by atoms with E-state index in [-0.39, 0.29) is 45.0 Å². The second kappa shape index (κ2) is 5.99. The molecule has 2 saturated heterocycles. The molecule has 126 valence electrons. The molecule has 2 fully saturated rings. The Morgan fingerprint density at radius 2 is 2.09 bits per heavy atom. The van der Waals surface area contributed by atoms with Gasteiger partial charge in [0, 0.05) is 0 Å². The number of hydrogen-bond acceptors (Lipinski definition) is 7. The molecule has 3 heterocycles. The van der Waals surface area contributed by atoms with Crippen molar-refractivity contribution in [2.24, 2.45) is 5.73 Å². The van der Waals surface area contributed by atoms with Crippen LogP contribution in [0.4, 0.5) is 0 Å². The summed E-state index contributed by atoms with van der Waals surface area (Å²) in [6.07, 6.45) is -1.58. The Morgan fingerprint density at radius 3 is 2.70 bits per heavy atom. The second-order valence-corrected chi connectivity index (χ2v) is 7.76. The van der Waals surface area contributed by atoms with Crippen molar-refractivity contribution in [1.82, 2.24) is 4.98 Å². The summed E-state index contributed by atoms with van der Waals surface area (Å²) in [4.78, 5) is 28.3. The zero-order chi connectivity index (χ0) is 16.8. The van der Waals surface area contributed by atoms with Crippen LogP contribution in [0.5, 0.6) is 0 Å². The van der Waals surface area contributed by atoms with Crippen molar-refractivity contribution >= 4 is 26.4 Å². The standard InChI is InChI=1S/C14H18N2O6Se/c1-6(17)19-4-8-9-10(22-14(2,3)21-9)11(20-8)13-16-7(5-23-13)12(15)18/h5,8-11H,4H2,1-3H3,(H2,15,18)/t8-,9-,10-,11-/m1/s1. The molecule has 4 atom stereocenters. The van der Waals surface area contributed by atoms with Gasteiger partial charge in [-0.05, 0) is 0 Å². The van der Waals surface area contributed by atoms with E-state index < -0.39 is 23.9 Å². The van der Waals surface area contributed by atoms with Gasteiger partial charge in [0.15, 0.2) is 0 Å². The summed E-state index contributed by atoms with van der Waals surface area (Å²) in [6.45, 7) is 5.07. The molecule has 1 aromatic rings. The minimum atomic E-state index is -0.752. The van der Waals surface area contributed by atoms with Crippen LogP contribution >= 0.6 is 0 Å². The van der Waals surface area contributed by atoms with Gasteiger partial charge in [0.2, 0.25) is 0 Å². The Labute approximate surface area is 139 Å². The van der Waals surface area contributed by atoms with Gasteiger partial charge in [-0.3, -0.25) is 0 Å². The number of amides is 1. The van der Waals surface area contributed by atoms with Gasteiger partial charge in [-0.25, -0.2) is 0 Å². The zero-order valence-corrected chi connectivity index (χ0v) is 14.7. The van der Waals surface area contributed by atoms with E-state index in [0.717, 1.165) is 4.57 Å². The van der Waals surface area contributed by atoms with E-state index in [0.29, 0.717) is 0 Å². The molecule has 0 aliphatic carbocycles. The molecule has 2 aliphatic rings. The first-order valence-corrected chi connectivity index (χ1v) is 9.01. The van der Waals surface area contributed by atoms with E-state index in [1.165, 1.54) is 6.92 Å². The van der Waals surface area contributed by atoms with E-state index in [9.17, 15) is 9.59 Å². The minimum absolute atomic E-state index is 0.0861. The topological polar surface area (TPSA) is 110 Å². The Hall–Kier alpha value is -1.25. The van der Waals surface area contributed by atoms with Gasteiger partial charge in [-0.15, -0.1) is 0 Å². The number of esters is 1. The fourth-order valence-electron chi connectivity index (χ4n) is 2.75. The van der Waals surface area contributed by atoms with Gasteiger partial charge in [0.25, 0.3) is 0 Å². The molecule has 0 radical (unpaired) electrons. The Morgan fingerprint density at radius 1 is 1.39 bits per heavy atom. The molecule has 0 unspecified atom stereocenters. The van der Waals surface area contributed by atoms with Crippen molar-refractivity contribution in [3.05, 3.63) is 15.2 Å². The molecule has 1 aromatic heterocycles. The van der Waals surface area contributed by atoms with Crippen molar-refractivity contribution in [1.29, 1.82) is 0 Å². The van der Waals surface area contributed by atoms with Gasteiger partial charge in [-0.1, -0.05) is 0 Å². The number of rotatable bonds is 4. The molecule has 0 saturated carbocycles. The summed E-state index contributed by atoms with van der Waals surface area (Å²) in [5, 5.41) is 0. The normalized spacial score (nSPS) is 31.8. The third kappa shape index (κ3) is 3.34. The summed E-state index contributed by atoms with van der Waals surface area (Å²) in [5.41, 5.74) is 5.51. The van der Waals surface area contributed by atoms with Crippen LogP contribution in [0.1, 0.15) is 41.9 Å². The van der Waals surface area contributed by atoms with Gasteiger partial charge in [0.1, 0.15) is 0 Å². The summed E-state index contributed by atoms with van der Waals surface area (Å²) in [6, 6.07) is 0. The number of hydrogen-bond donors (Lipinski definition) is 1. The molecule has 3 rings (SSSR count). The number of ether oxygens (including phenoxy) is 4. The number of carbonyl (C=O) groups is 2. The average molecular weight is 389 g/mol. The van der Waals surface area contributed by atoms with Crippen molar-refractivity contribution in [2.75, 3.05) is 6.61 Å². The molecule has 8 nitrogen and oxygen atoms in total. The molecular formula is C14H18N2O6Se. The van der Waals surface area contributed by atoms with Crippen LogP contribution in [-0.2, 0) is 23.7 Å². The maximum atomic E-state index is 11.2. The molecular weight excluding hydrogens is 371 g/mol. The van der Waals surface area contributed by atoms with Crippen molar-refractivity contribution in [3.63, 3.8) is 0 Å². The first kappa shape index (κ1) is 16.6. The van der Waals surface area contributed by atoms with Gasteiger partial charge in [-0.2, -0.15) is 0 Å². The molecule has 2 aliphatic heterocycles. The number of nitrogens with two attached hydrogens (primary N) is 1. The SMILES string of the molecule is CC(=O)OC[C@H]1O[C@@H](c2nc(C(N)=O)c[se]2)[C@@H]2OC(C)(C)O[C@@H]21. The molecule has 23 heavy (non-hydrogen) atoms. The quantitative estimate of drug-likeness (QED) is 0.559. The Kier molecular flexibility index (Phi) is 4.33. The van der Waals surface area contributed by atoms with Crippen molar-refractivity contribution in [3.8, 4) is 0 Å². The van der Waals surface area contributed by atoms with E-state index in [2.05, 4.69) is 4.98 Å². The molecule has 0 spiro atoms. The van der Waals surface area contributed by atoms with Crippen LogP contribution in [0.2, 0.25) is 0 Å². The van der Waals surface area contributed by atoms with Gasteiger partial charge >= 0.3 is 138 Å². The second-order valence-electron chi connectivity index (χ2n) is 5.90. The molecule has 0 bridgehead atoms. The number of fused-ring (bicyclic) bond motifs is 1. The first-order valence-electron chi connectivity index (χ1n) is 7.16. The van der Waals surface area contributed by atoms with Crippen molar-refractivity contribution in [2.45, 2.75) is 51.0 Å². The zero-order valence-electron chi connectivity index (χ0n) is 13.0. The van der Waals surface area contributed by atoms with Crippen LogP contribution in [0.15, 0.2) is 4.94 Å². The van der Waals surface area contributed by atoms with Crippen LogP contribution < -0.4 is 5.73 Å². The van der Waals surface area contributed by atoms with Crippen LogP contribution in [0, 0.1) is 0 Å². The molecule has 9 heteroatoms. The predicted octanol–water partition coefficient (Wildman–Crippen LogP) is -0.239. The number of carbonyl (C=O) groups excluding carboxylic acids is 2. The van der Waals surface area contributed by atoms with Gasteiger partial charge < -0.3 is 0 Å². The maximum absolute atomic E-state index is 11.2. The first-order chi connectivity index (χ1) is 10.8. The summed E-state index contributed by atoms with van der Waals surface area (Å²) >= 11 is -0.133. The van der Waals surface area contributed by atoms with Crippen LogP contribution in [-0.4, -0.2) is 62.1 Å². The number of primary amides is 1. The fourth-order valence-corrected chi connectivity index (χ4v) is 4.58. The summed E-state index contributed by atoms with van der Waals surface area (Å²) in [5.74, 6) is -1.69. The third-order valence-electron chi connectivity index (χ3n) is 3.62. The van der Waals surface area contributed by atoms with Crippen molar-refractivity contribution < 1.29 is 28.5 Å². The Bertz CT molecular complexity index is 631. The molecule has 0 aromatic carbocycles. The molecule has 1 amide bonds. The summed E-state index contributed by atoms with van der Waals surface area (Å²) < 4.78 is 23.6. The van der Waals surface area contributed by atoms with Gasteiger partial charge in [0.05, 0.1) is 0 Å². The van der Waals surface area contributed by atoms with Crippen LogP contribution in [0.25, 0.3) is 0 Å². The van der Waals surface area contributed by atoms with E-state index in [1.54, 1.807) is 4.94 Å². The van der Waals surface area contributed by atoms with Crippen LogP contribution in [0.3, 0.4) is 0 Å². The van der Waals surface area contributed by atoms with E-state index in [1.807, 2.05) is 13.8 Å².